The summed E-state index contributed by atoms with van der Waals surface area (Å²) in [5.74, 6) is -5.26. The first-order valence-corrected chi connectivity index (χ1v) is 22.4. The van der Waals surface area contributed by atoms with Gasteiger partial charge in [0.15, 0.2) is 11.9 Å². The lowest BCUT2D eigenvalue weighted by Crippen LogP contribution is -2.91. The van der Waals surface area contributed by atoms with Crippen LogP contribution in [0.5, 0.6) is 0 Å². The number of aliphatic imine (C=N–C) groups is 2. The van der Waals surface area contributed by atoms with E-state index in [1.165, 1.54) is 48.5 Å². The Morgan fingerprint density at radius 1 is 0.417 bits per heavy atom. The summed E-state index contributed by atoms with van der Waals surface area (Å²) in [4.78, 5) is 128. The topological polar surface area (TPSA) is 518 Å². The molecule has 0 saturated heterocycles. The Labute approximate surface area is 410 Å². The fourth-order valence-corrected chi connectivity index (χ4v) is 6.76. The minimum Gasteiger partial charge on any atom is -0.370 e. The maximum Gasteiger partial charge on any atom is 0.442 e. The van der Waals surface area contributed by atoms with Gasteiger partial charge in [0, 0.05) is 39.3 Å². The monoisotopic (exact) mass is 1000 g/mol. The molecule has 4 aromatic rings. The van der Waals surface area contributed by atoms with Crippen LogP contribution in [0, 0.1) is 0 Å². The third-order valence-corrected chi connectivity index (χ3v) is 10.2. The molecule has 0 radical (unpaired) electrons. The molecule has 0 aliphatic rings. The van der Waals surface area contributed by atoms with Crippen LogP contribution in [0.25, 0.3) is 0 Å². The Kier molecular flexibility index (Phi) is 21.5. The van der Waals surface area contributed by atoms with Crippen LogP contribution in [0.1, 0.15) is 110 Å². The molecule has 30 nitrogen and oxygen atoms in total. The molecule has 0 aliphatic heterocycles. The quantitative estimate of drug-likeness (QED) is 0.0150. The third kappa shape index (κ3) is 18.8. The smallest absolute Gasteiger partial charge is 0.370 e. The molecule has 72 heavy (non-hydrogen) atoms. The van der Waals surface area contributed by atoms with Gasteiger partial charge in [-0.05, 0) is 100 Å². The summed E-state index contributed by atoms with van der Waals surface area (Å²) in [6.45, 7) is 4.26. The van der Waals surface area contributed by atoms with Gasteiger partial charge in [-0.15, -0.1) is 0 Å². The summed E-state index contributed by atoms with van der Waals surface area (Å²) in [6.07, 6.45) is 2.07. The molecule has 0 aromatic carbocycles. The number of carbonyl (C=O) groups is 8. The number of aromatic nitrogens is 4. The Morgan fingerprint density at radius 3 is 0.931 bits per heavy atom. The van der Waals surface area contributed by atoms with Crippen molar-refractivity contribution in [3.8, 4) is 0 Å². The van der Waals surface area contributed by atoms with Gasteiger partial charge in [0.1, 0.15) is 45.6 Å². The highest BCUT2D eigenvalue weighted by Gasteiger charge is 2.19. The van der Waals surface area contributed by atoms with Crippen molar-refractivity contribution in [2.45, 2.75) is 25.7 Å². The van der Waals surface area contributed by atoms with Crippen LogP contribution < -0.4 is 77.1 Å². The number of hydrogen-bond donors (Lipinski definition) is 18. The molecule has 28 N–H and O–H groups in total. The van der Waals surface area contributed by atoms with E-state index in [1.54, 1.807) is 0 Å². The Balaban J connectivity index is 1.40. The van der Waals surface area contributed by atoms with E-state index in [-0.39, 0.29) is 83.6 Å². The minimum atomic E-state index is -0.734. The molecule has 0 spiro atoms. The molecule has 4 heterocycles. The minimum absolute atomic E-state index is 0.0313. The standard InChI is InChI=1S/C42H60N22O8/c43-39(44)59-35(69)27-9-5-23(55-27)31(65)51-13-1-17-63(18-2-14-52-32(66)24-6-10-28(56-24)36(70)60-40(45)46)21-22-64(19-3-15-53-33(67)25-7-11-29(57-25)37(71)61-41(47)48)20-4-16-54-34(68)26-8-12-30(58-26)38(72)62-42(49)50/h5-12,55-58H,1-4,13-22H2,(H,51,65)(H,52,66)(H,53,67)(H,54,68)(H4,43,44,59,69)(H4,45,46,60,70)(H4,47,48,61,71)(H4,49,50,62,72)/p+4. The Hall–Kier alpha value is -9.00. The van der Waals surface area contributed by atoms with E-state index in [0.29, 0.717) is 65.0 Å². The average molecular weight is 1010 g/mol. The number of amides is 8. The molecule has 4 rings (SSSR count). The van der Waals surface area contributed by atoms with E-state index >= 15 is 0 Å². The van der Waals surface area contributed by atoms with E-state index in [1.807, 2.05) is 0 Å². The van der Waals surface area contributed by atoms with Gasteiger partial charge in [-0.25, -0.2) is 21.1 Å². The number of nitrogens with zero attached hydrogens (tertiary/aromatic N) is 4. The zero-order valence-corrected chi connectivity index (χ0v) is 39.5. The van der Waals surface area contributed by atoms with Crippen LogP contribution >= 0.6 is 0 Å². The van der Waals surface area contributed by atoms with Gasteiger partial charge in [-0.1, -0.05) is 0 Å². The number of nitrogens with one attached hydrogen (secondary N) is 10. The van der Waals surface area contributed by atoms with Crippen LogP contribution in [0.15, 0.2) is 58.5 Å². The normalized spacial score (nSPS) is 11.5. The second-order valence-electron chi connectivity index (χ2n) is 15.9. The number of quaternary nitrogens is 2. The third-order valence-electron chi connectivity index (χ3n) is 10.2. The largest absolute Gasteiger partial charge is 0.442 e. The molecular formula is C42H64N22O8+4. The summed E-state index contributed by atoms with van der Waals surface area (Å²) < 4.78 is 0. The first-order chi connectivity index (χ1) is 34.3. The highest BCUT2D eigenvalue weighted by atomic mass is 16.2. The summed E-state index contributed by atoms with van der Waals surface area (Å²) >= 11 is 0. The number of hydrogen-bond acceptors (Lipinski definition) is 10. The van der Waals surface area contributed by atoms with Crippen molar-refractivity contribution in [1.82, 2.24) is 51.0 Å². The molecule has 30 heteroatoms. The van der Waals surface area contributed by atoms with Gasteiger partial charge >= 0.3 is 23.7 Å². The molecular weight excluding hydrogens is 941 g/mol. The van der Waals surface area contributed by atoms with Gasteiger partial charge < -0.3 is 73.9 Å². The maximum atomic E-state index is 12.9. The number of H-pyrrole nitrogens is 4. The second-order valence-corrected chi connectivity index (χ2v) is 15.9. The van der Waals surface area contributed by atoms with E-state index in [0.717, 1.165) is 0 Å². The van der Waals surface area contributed by atoms with Crippen molar-refractivity contribution >= 4 is 71.1 Å². The summed E-state index contributed by atoms with van der Waals surface area (Å²) in [7, 11) is 0. The molecule has 0 atom stereocenters. The first-order valence-electron chi connectivity index (χ1n) is 22.4. The van der Waals surface area contributed by atoms with E-state index in [9.17, 15) is 38.4 Å². The van der Waals surface area contributed by atoms with E-state index in [2.05, 4.69) is 82.4 Å². The van der Waals surface area contributed by atoms with Crippen molar-refractivity contribution in [1.29, 1.82) is 0 Å². The van der Waals surface area contributed by atoms with Crippen LogP contribution in [-0.4, -0.2) is 166 Å². The summed E-state index contributed by atoms with van der Waals surface area (Å²) in [6, 6.07) is 11.5. The maximum absolute atomic E-state index is 12.9. The van der Waals surface area contributed by atoms with E-state index in [4.69, 9.17) is 34.4 Å². The van der Waals surface area contributed by atoms with Crippen molar-refractivity contribution in [2.75, 3.05) is 65.4 Å². The Bertz CT molecular complexity index is 2320. The lowest BCUT2D eigenvalue weighted by Gasteiger charge is -2.28. The molecule has 386 valence electrons. The molecule has 0 fully saturated rings. The van der Waals surface area contributed by atoms with Crippen LogP contribution in [0.3, 0.4) is 0 Å². The zero-order valence-electron chi connectivity index (χ0n) is 39.5. The number of rotatable bonds is 27. The lowest BCUT2D eigenvalue weighted by molar-refractivity contribution is -0.418. The zero-order chi connectivity index (χ0) is 52.7. The lowest BCUT2D eigenvalue weighted by atomic mass is 10.2. The van der Waals surface area contributed by atoms with E-state index < -0.39 is 59.2 Å². The molecule has 0 bridgehead atoms. The fraction of sp³-hybridized carbons (Fsp3) is 0.333. The summed E-state index contributed by atoms with van der Waals surface area (Å²) in [5, 5.41) is 11.4. The van der Waals surface area contributed by atoms with Crippen LogP contribution in [-0.2, 0) is 0 Å². The first kappa shape index (κ1) is 55.6. The second kappa shape index (κ2) is 27.9. The SMILES string of the molecule is NC(N)=NC(=O)c1ccc(C(=O)NCCCN(CCCNC(=O)c2ccc(C(=O)N=C(N)N)[nH]2)CCN(CCCNC(=O)c2ccc(C(=O)[NH+]=C(N)[NH3+])[nH]2)CCCNC(=O)c2ccc(C(=O)[NH+]=C(N)[NH3+])[nH]2)[nH]1. The number of nitrogens with two attached hydrogens (primary N) is 6. The summed E-state index contributed by atoms with van der Waals surface area (Å²) in [5.41, 5.74) is 39.9. The molecule has 0 unspecified atom stereocenters. The predicted molar refractivity (Wildman–Crippen MR) is 259 cm³/mol. The number of aromatic amines is 4. The molecule has 0 aliphatic carbocycles. The van der Waals surface area contributed by atoms with Gasteiger partial charge in [0.25, 0.3) is 35.4 Å². The van der Waals surface area contributed by atoms with Gasteiger partial charge in [-0.3, -0.25) is 40.2 Å². The number of carbonyl (C=O) groups excluding carboxylic acids is 8. The van der Waals surface area contributed by atoms with Gasteiger partial charge in [-0.2, -0.15) is 20.0 Å². The van der Waals surface area contributed by atoms with Gasteiger partial charge in [0.05, 0.1) is 0 Å². The highest BCUT2D eigenvalue weighted by molar-refractivity contribution is 6.03. The fourth-order valence-electron chi connectivity index (χ4n) is 6.76. The van der Waals surface area contributed by atoms with Crippen molar-refractivity contribution in [3.63, 3.8) is 0 Å². The van der Waals surface area contributed by atoms with Crippen molar-refractivity contribution < 1.29 is 59.8 Å². The van der Waals surface area contributed by atoms with Crippen LogP contribution in [0.4, 0.5) is 0 Å². The van der Waals surface area contributed by atoms with Gasteiger partial charge in [0.2, 0.25) is 0 Å². The van der Waals surface area contributed by atoms with Crippen molar-refractivity contribution in [2.24, 2.45) is 44.4 Å². The number of guanidine groups is 4. The molecule has 0 saturated carbocycles. The van der Waals surface area contributed by atoms with Crippen molar-refractivity contribution in [3.05, 3.63) is 94.1 Å². The predicted octanol–water partition coefficient (Wildman–Crippen LogP) is -9.43. The Morgan fingerprint density at radius 2 is 0.667 bits per heavy atom. The average Bonchev–Trinajstić information content (AvgIpc) is 4.17. The van der Waals surface area contributed by atoms with Crippen LogP contribution in [0.2, 0.25) is 0 Å². The molecule has 4 aromatic heterocycles. The molecule has 8 amide bonds. The highest BCUT2D eigenvalue weighted by Crippen LogP contribution is 2.07.